The molecule has 21 heavy (non-hydrogen) atoms. The van der Waals surface area contributed by atoms with Crippen molar-refractivity contribution in [2.24, 2.45) is 0 Å². The molecule has 0 aliphatic heterocycles. The molecular weight excluding hydrogens is 266 g/mol. The van der Waals surface area contributed by atoms with E-state index in [1.54, 1.807) is 24.3 Å². The number of nitrogens with zero attached hydrogens (tertiary/aromatic N) is 1. The molecule has 2 amide bonds. The van der Waals surface area contributed by atoms with Gasteiger partial charge in [-0.05, 0) is 17.7 Å². The number of hydrogen-bond acceptors (Lipinski definition) is 3. The summed E-state index contributed by atoms with van der Waals surface area (Å²) in [5.41, 5.74) is 1.54. The van der Waals surface area contributed by atoms with Crippen LogP contribution in [0.1, 0.15) is 32.1 Å². The number of nitrogens with one attached hydrogen (secondary N) is 2. The van der Waals surface area contributed by atoms with E-state index in [0.29, 0.717) is 17.3 Å². The van der Waals surface area contributed by atoms with Crippen LogP contribution in [-0.4, -0.2) is 11.2 Å². The summed E-state index contributed by atoms with van der Waals surface area (Å²) in [5, 5.41) is 9.19. The molecule has 0 fully saturated rings. The minimum Gasteiger partial charge on any atom is -0.359 e. The molecule has 0 spiro atoms. The highest BCUT2D eigenvalue weighted by atomic mass is 16.5. The molecule has 0 radical (unpaired) electrons. The van der Waals surface area contributed by atoms with Crippen LogP contribution in [0.25, 0.3) is 6.08 Å². The minimum absolute atomic E-state index is 0.149. The van der Waals surface area contributed by atoms with Crippen LogP contribution in [0.5, 0.6) is 0 Å². The van der Waals surface area contributed by atoms with Crippen LogP contribution >= 0.6 is 0 Å². The maximum atomic E-state index is 11.9. The summed E-state index contributed by atoms with van der Waals surface area (Å²) < 4.78 is 5.21. The van der Waals surface area contributed by atoms with Crippen molar-refractivity contribution < 1.29 is 9.32 Å². The van der Waals surface area contributed by atoms with Gasteiger partial charge in [-0.3, -0.25) is 5.32 Å². The van der Waals surface area contributed by atoms with Crippen LogP contribution in [-0.2, 0) is 5.41 Å². The number of hydrogen-bond donors (Lipinski definition) is 2. The molecule has 1 heterocycles. The van der Waals surface area contributed by atoms with Crippen LogP contribution in [0.3, 0.4) is 0 Å². The first-order valence-corrected chi connectivity index (χ1v) is 6.66. The van der Waals surface area contributed by atoms with E-state index >= 15 is 0 Å². The lowest BCUT2D eigenvalue weighted by Crippen LogP contribution is -2.19. The number of rotatable bonds is 3. The molecule has 0 atom stereocenters. The molecule has 2 N–H and O–H groups in total. The van der Waals surface area contributed by atoms with E-state index in [0.717, 1.165) is 5.56 Å². The van der Waals surface area contributed by atoms with Gasteiger partial charge in [-0.2, -0.15) is 0 Å². The Balaban J connectivity index is 1.98. The fraction of sp³-hybridized carbons (Fsp3) is 0.250. The van der Waals surface area contributed by atoms with Crippen LogP contribution in [0.4, 0.5) is 16.3 Å². The first kappa shape index (κ1) is 14.8. The summed E-state index contributed by atoms with van der Waals surface area (Å²) in [7, 11) is 0. The fourth-order valence-corrected chi connectivity index (χ4v) is 1.67. The monoisotopic (exact) mass is 285 g/mol. The lowest BCUT2D eigenvalue weighted by Gasteiger charge is -2.12. The van der Waals surface area contributed by atoms with Crippen molar-refractivity contribution in [3.05, 3.63) is 48.2 Å². The second kappa shape index (κ2) is 5.83. The molecule has 0 saturated carbocycles. The van der Waals surface area contributed by atoms with E-state index in [2.05, 4.69) is 22.4 Å². The van der Waals surface area contributed by atoms with Gasteiger partial charge in [-0.15, -0.1) is 0 Å². The molecule has 1 aromatic heterocycles. The molecule has 0 aliphatic carbocycles. The zero-order valence-electron chi connectivity index (χ0n) is 12.4. The van der Waals surface area contributed by atoms with Gasteiger partial charge in [0.25, 0.3) is 0 Å². The third-order valence-electron chi connectivity index (χ3n) is 2.90. The molecular formula is C16H19N3O2. The van der Waals surface area contributed by atoms with E-state index in [1.165, 1.54) is 0 Å². The number of anilines is 2. The average molecular weight is 285 g/mol. The molecule has 0 unspecified atom stereocenters. The first-order valence-electron chi connectivity index (χ1n) is 6.66. The van der Waals surface area contributed by atoms with Crippen molar-refractivity contribution in [1.29, 1.82) is 0 Å². The van der Waals surface area contributed by atoms with Crippen molar-refractivity contribution in [2.75, 3.05) is 10.6 Å². The average Bonchev–Trinajstić information content (AvgIpc) is 2.88. The number of amides is 2. The van der Waals surface area contributed by atoms with E-state index < -0.39 is 0 Å². The summed E-state index contributed by atoms with van der Waals surface area (Å²) in [6.45, 7) is 9.72. The summed E-state index contributed by atoms with van der Waals surface area (Å²) >= 11 is 0. The van der Waals surface area contributed by atoms with Crippen molar-refractivity contribution in [2.45, 2.75) is 26.2 Å². The fourth-order valence-electron chi connectivity index (χ4n) is 1.67. The summed E-state index contributed by atoms with van der Waals surface area (Å²) in [6, 6.07) is 8.71. The minimum atomic E-state index is -0.366. The maximum absolute atomic E-state index is 11.9. The molecule has 2 rings (SSSR count). The number of carbonyl (C=O) groups is 1. The Morgan fingerprint density at radius 2 is 1.90 bits per heavy atom. The number of urea groups is 1. The molecule has 5 heteroatoms. The first-order chi connectivity index (χ1) is 9.88. The molecule has 0 aliphatic rings. The maximum Gasteiger partial charge on any atom is 0.324 e. The highest BCUT2D eigenvalue weighted by molar-refractivity contribution is 5.99. The topological polar surface area (TPSA) is 67.2 Å². The van der Waals surface area contributed by atoms with Crippen LogP contribution < -0.4 is 10.6 Å². The van der Waals surface area contributed by atoms with Gasteiger partial charge in [0.1, 0.15) is 5.76 Å². The van der Waals surface area contributed by atoms with Crippen molar-refractivity contribution in [3.8, 4) is 0 Å². The lowest BCUT2D eigenvalue weighted by molar-refractivity contribution is 0.262. The van der Waals surface area contributed by atoms with E-state index in [1.807, 2.05) is 32.9 Å². The number of carbonyl (C=O) groups excluding carboxylic acids is 1. The Hall–Kier alpha value is -2.56. The van der Waals surface area contributed by atoms with Crippen molar-refractivity contribution in [3.63, 3.8) is 0 Å². The molecule has 1 aromatic carbocycles. The zero-order chi connectivity index (χ0) is 15.5. The summed E-state index contributed by atoms with van der Waals surface area (Å²) in [5.74, 6) is 1.10. The van der Waals surface area contributed by atoms with E-state index in [-0.39, 0.29) is 11.4 Å². The molecule has 2 aromatic rings. The highest BCUT2D eigenvalue weighted by Gasteiger charge is 2.20. The van der Waals surface area contributed by atoms with Gasteiger partial charge in [0.15, 0.2) is 5.82 Å². The quantitative estimate of drug-likeness (QED) is 0.885. The number of benzene rings is 1. The summed E-state index contributed by atoms with van der Waals surface area (Å²) in [6.07, 6.45) is 1.74. The van der Waals surface area contributed by atoms with Gasteiger partial charge >= 0.3 is 6.03 Å². The molecule has 0 bridgehead atoms. The Morgan fingerprint density at radius 3 is 2.43 bits per heavy atom. The Bertz CT molecular complexity index is 636. The van der Waals surface area contributed by atoms with Crippen LogP contribution in [0, 0.1) is 0 Å². The molecule has 0 saturated heterocycles. The predicted molar refractivity (Wildman–Crippen MR) is 84.4 cm³/mol. The van der Waals surface area contributed by atoms with Gasteiger partial charge in [0, 0.05) is 17.2 Å². The number of aromatic nitrogens is 1. The van der Waals surface area contributed by atoms with E-state index in [4.69, 9.17) is 4.52 Å². The van der Waals surface area contributed by atoms with Gasteiger partial charge in [0.05, 0.1) is 0 Å². The Morgan fingerprint density at radius 1 is 1.24 bits per heavy atom. The van der Waals surface area contributed by atoms with Gasteiger partial charge < -0.3 is 9.84 Å². The second-order valence-electron chi connectivity index (χ2n) is 5.73. The van der Waals surface area contributed by atoms with E-state index in [9.17, 15) is 4.79 Å². The Labute approximate surface area is 124 Å². The van der Waals surface area contributed by atoms with Gasteiger partial charge in [0.2, 0.25) is 0 Å². The third-order valence-corrected chi connectivity index (χ3v) is 2.90. The largest absolute Gasteiger partial charge is 0.359 e. The van der Waals surface area contributed by atoms with Crippen molar-refractivity contribution >= 4 is 23.6 Å². The highest BCUT2D eigenvalue weighted by Crippen LogP contribution is 2.24. The summed E-state index contributed by atoms with van der Waals surface area (Å²) in [4.78, 5) is 11.9. The molecule has 5 nitrogen and oxygen atoms in total. The van der Waals surface area contributed by atoms with Crippen LogP contribution in [0.15, 0.2) is 41.4 Å². The SMILES string of the molecule is C=Cc1ccc(NC(=O)Nc2cc(C(C)(C)C)on2)cc1. The normalized spacial score (nSPS) is 11.0. The zero-order valence-corrected chi connectivity index (χ0v) is 12.4. The van der Waals surface area contributed by atoms with Gasteiger partial charge in [-0.1, -0.05) is 50.7 Å². The Kier molecular flexibility index (Phi) is 4.12. The third kappa shape index (κ3) is 3.95. The van der Waals surface area contributed by atoms with Crippen molar-refractivity contribution in [1.82, 2.24) is 5.16 Å². The predicted octanol–water partition coefficient (Wildman–Crippen LogP) is 4.26. The standard InChI is InChI=1S/C16H19N3O2/c1-5-11-6-8-12(9-7-11)17-15(20)18-14-10-13(21-19-14)16(2,3)4/h5-10H,1H2,2-4H3,(H2,17,18,19,20). The smallest absolute Gasteiger partial charge is 0.324 e. The van der Waals surface area contributed by atoms with Crippen LogP contribution in [0.2, 0.25) is 0 Å². The lowest BCUT2D eigenvalue weighted by atomic mass is 9.93. The molecule has 110 valence electrons. The van der Waals surface area contributed by atoms with Gasteiger partial charge in [-0.25, -0.2) is 4.79 Å². The second-order valence-corrected chi connectivity index (χ2v) is 5.73.